The number of nitrogens with zero attached hydrogens (tertiary/aromatic N) is 1. The Hall–Kier alpha value is -2.77. The van der Waals surface area contributed by atoms with Gasteiger partial charge in [-0.05, 0) is 24.3 Å². The molecular weight excluding hydrogens is 369 g/mol. The van der Waals surface area contributed by atoms with Gasteiger partial charge in [0.2, 0.25) is 0 Å². The summed E-state index contributed by atoms with van der Waals surface area (Å²) in [5.74, 6) is -1.46. The molecule has 3 rings (SSSR count). The fourth-order valence-electron chi connectivity index (χ4n) is 2.70. The van der Waals surface area contributed by atoms with Gasteiger partial charge < -0.3 is 14.4 Å². The molecule has 0 unspecified atom stereocenters. The molecule has 1 heterocycles. The molecule has 0 saturated carbocycles. The highest BCUT2D eigenvalue weighted by Crippen LogP contribution is 2.34. The second-order valence-electron chi connectivity index (χ2n) is 5.82. The summed E-state index contributed by atoms with van der Waals surface area (Å²) in [6.45, 7) is -0.337. The van der Waals surface area contributed by atoms with E-state index in [1.54, 1.807) is 31.3 Å². The van der Waals surface area contributed by atoms with Gasteiger partial charge in [-0.2, -0.15) is 0 Å². The first-order valence-electron chi connectivity index (χ1n) is 8.20. The summed E-state index contributed by atoms with van der Waals surface area (Å²) in [7, 11) is 3.08. The first kappa shape index (κ1) is 19.0. The van der Waals surface area contributed by atoms with Crippen LogP contribution in [0, 0.1) is 5.82 Å². The Bertz CT molecular complexity index is 971. The number of rotatable bonds is 6. The van der Waals surface area contributed by atoms with Gasteiger partial charge in [-0.25, -0.2) is 9.18 Å². The predicted octanol–water partition coefficient (Wildman–Crippen LogP) is 4.01. The maximum absolute atomic E-state index is 14.2. The van der Waals surface area contributed by atoms with Crippen LogP contribution >= 0.6 is 11.3 Å². The number of ether oxygens (including phenoxy) is 2. The molecule has 0 aliphatic rings. The summed E-state index contributed by atoms with van der Waals surface area (Å²) >= 11 is 1.12. The summed E-state index contributed by atoms with van der Waals surface area (Å²) in [6.07, 6.45) is 0. The van der Waals surface area contributed by atoms with Crippen LogP contribution in [-0.4, -0.2) is 32.6 Å². The van der Waals surface area contributed by atoms with Gasteiger partial charge in [-0.15, -0.1) is 11.3 Å². The number of likely N-dealkylation sites (N-methyl/N-ethyl adjacent to an activating group) is 1. The molecular formula is C20H18FNO4S. The van der Waals surface area contributed by atoms with Gasteiger partial charge in [0.15, 0.2) is 6.61 Å². The van der Waals surface area contributed by atoms with Crippen molar-refractivity contribution >= 4 is 39.0 Å². The van der Waals surface area contributed by atoms with E-state index in [-0.39, 0.29) is 17.4 Å². The van der Waals surface area contributed by atoms with E-state index in [4.69, 9.17) is 9.47 Å². The number of carbonyl (C=O) groups excluding carboxylic acids is 2. The Morgan fingerprint density at radius 3 is 2.56 bits per heavy atom. The molecule has 2 aromatic carbocycles. The van der Waals surface area contributed by atoms with Gasteiger partial charge in [0, 0.05) is 35.5 Å². The fourth-order valence-corrected chi connectivity index (χ4v) is 3.82. The van der Waals surface area contributed by atoms with Gasteiger partial charge >= 0.3 is 5.97 Å². The lowest BCUT2D eigenvalue weighted by atomic mass is 10.1. The van der Waals surface area contributed by atoms with Gasteiger partial charge in [0.05, 0.1) is 6.61 Å². The Morgan fingerprint density at radius 1 is 1.11 bits per heavy atom. The van der Waals surface area contributed by atoms with Crippen LogP contribution in [0.1, 0.15) is 15.2 Å². The number of thiophene rings is 1. The lowest BCUT2D eigenvalue weighted by Crippen LogP contribution is -2.31. The summed E-state index contributed by atoms with van der Waals surface area (Å²) in [5.41, 5.74) is 1.13. The maximum atomic E-state index is 14.2. The molecule has 140 valence electrons. The third-order valence-electron chi connectivity index (χ3n) is 4.08. The van der Waals surface area contributed by atoms with Crippen molar-refractivity contribution in [1.82, 2.24) is 0 Å². The Balaban J connectivity index is 1.77. The van der Waals surface area contributed by atoms with Crippen LogP contribution in [0.2, 0.25) is 0 Å². The number of hydrogen-bond donors (Lipinski definition) is 0. The molecule has 1 aromatic heterocycles. The van der Waals surface area contributed by atoms with Crippen LogP contribution in [0.5, 0.6) is 0 Å². The fraction of sp³-hybridized carbons (Fsp3) is 0.200. The number of carbonyl (C=O) groups is 2. The second-order valence-corrected chi connectivity index (χ2v) is 6.87. The van der Waals surface area contributed by atoms with E-state index in [1.807, 2.05) is 18.2 Å². The third-order valence-corrected chi connectivity index (χ3v) is 5.26. The molecule has 0 aliphatic heterocycles. The number of methoxy groups -OCH3 is 1. The number of esters is 1. The standard InChI is InChI=1S/C20H18FNO4S/c1-22(13-7-4-3-5-8-13)17(23)12-26-20(24)19-14(11-25-2)18-15(21)9-6-10-16(18)27-19/h3-10H,11-12H2,1-2H3. The van der Waals surface area contributed by atoms with Crippen molar-refractivity contribution in [3.05, 3.63) is 64.8 Å². The molecule has 0 saturated heterocycles. The van der Waals surface area contributed by atoms with E-state index in [0.29, 0.717) is 21.3 Å². The molecule has 5 nitrogen and oxygen atoms in total. The zero-order chi connectivity index (χ0) is 19.4. The Kier molecular flexibility index (Phi) is 5.83. The molecule has 1 amide bonds. The zero-order valence-electron chi connectivity index (χ0n) is 14.9. The normalized spacial score (nSPS) is 10.8. The highest BCUT2D eigenvalue weighted by molar-refractivity contribution is 7.21. The number of amides is 1. The minimum Gasteiger partial charge on any atom is -0.451 e. The van der Waals surface area contributed by atoms with Crippen molar-refractivity contribution in [3.63, 3.8) is 0 Å². The lowest BCUT2D eigenvalue weighted by molar-refractivity contribution is -0.121. The van der Waals surface area contributed by atoms with Crippen LogP contribution < -0.4 is 4.90 Å². The number of fused-ring (bicyclic) bond motifs is 1. The van der Waals surface area contributed by atoms with Crippen LogP contribution in [0.25, 0.3) is 10.1 Å². The van der Waals surface area contributed by atoms with E-state index in [0.717, 1.165) is 11.3 Å². The minimum absolute atomic E-state index is 0.0727. The molecule has 7 heteroatoms. The lowest BCUT2D eigenvalue weighted by Gasteiger charge is -2.17. The van der Waals surface area contributed by atoms with Gasteiger partial charge in [-0.3, -0.25) is 4.79 Å². The molecule has 0 bridgehead atoms. The number of para-hydroxylation sites is 1. The number of hydrogen-bond acceptors (Lipinski definition) is 5. The largest absolute Gasteiger partial charge is 0.451 e. The molecule has 0 N–H and O–H groups in total. The van der Waals surface area contributed by atoms with Crippen molar-refractivity contribution in [1.29, 1.82) is 0 Å². The van der Waals surface area contributed by atoms with Crippen LogP contribution in [-0.2, 0) is 20.9 Å². The highest BCUT2D eigenvalue weighted by Gasteiger charge is 2.23. The number of benzene rings is 2. The molecule has 3 aromatic rings. The van der Waals surface area contributed by atoms with Crippen LogP contribution in [0.15, 0.2) is 48.5 Å². The molecule has 27 heavy (non-hydrogen) atoms. The van der Waals surface area contributed by atoms with E-state index < -0.39 is 18.4 Å². The van der Waals surface area contributed by atoms with Crippen molar-refractivity contribution < 1.29 is 23.5 Å². The average Bonchev–Trinajstić information content (AvgIpc) is 3.06. The van der Waals surface area contributed by atoms with Crippen LogP contribution in [0.4, 0.5) is 10.1 Å². The van der Waals surface area contributed by atoms with Crippen molar-refractivity contribution in [2.45, 2.75) is 6.61 Å². The van der Waals surface area contributed by atoms with Gasteiger partial charge in [0.25, 0.3) is 5.91 Å². The van der Waals surface area contributed by atoms with Crippen molar-refractivity contribution in [2.75, 3.05) is 25.7 Å². The molecule has 0 aliphatic carbocycles. The monoisotopic (exact) mass is 387 g/mol. The molecule has 0 radical (unpaired) electrons. The number of halogens is 1. The van der Waals surface area contributed by atoms with Crippen molar-refractivity contribution in [2.24, 2.45) is 0 Å². The third kappa shape index (κ3) is 3.99. The van der Waals surface area contributed by atoms with E-state index in [1.165, 1.54) is 18.1 Å². The Labute approximate surface area is 159 Å². The minimum atomic E-state index is -0.669. The second kappa shape index (κ2) is 8.28. The van der Waals surface area contributed by atoms with E-state index in [2.05, 4.69) is 0 Å². The Morgan fingerprint density at radius 2 is 1.85 bits per heavy atom. The molecule has 0 atom stereocenters. The summed E-state index contributed by atoms with van der Waals surface area (Å²) in [5, 5.41) is 0.351. The van der Waals surface area contributed by atoms with Gasteiger partial charge in [-0.1, -0.05) is 24.3 Å². The predicted molar refractivity (Wildman–Crippen MR) is 103 cm³/mol. The SMILES string of the molecule is COCc1c(C(=O)OCC(=O)N(C)c2ccccc2)sc2cccc(F)c12. The quantitative estimate of drug-likeness (QED) is 0.600. The van der Waals surface area contributed by atoms with Gasteiger partial charge in [0.1, 0.15) is 10.7 Å². The molecule has 0 fully saturated rings. The van der Waals surface area contributed by atoms with Crippen LogP contribution in [0.3, 0.4) is 0 Å². The first-order valence-corrected chi connectivity index (χ1v) is 9.02. The zero-order valence-corrected chi connectivity index (χ0v) is 15.7. The van der Waals surface area contributed by atoms with E-state index in [9.17, 15) is 14.0 Å². The maximum Gasteiger partial charge on any atom is 0.349 e. The average molecular weight is 387 g/mol. The van der Waals surface area contributed by atoms with Crippen molar-refractivity contribution in [3.8, 4) is 0 Å². The van der Waals surface area contributed by atoms with E-state index >= 15 is 0 Å². The molecule has 0 spiro atoms. The topological polar surface area (TPSA) is 55.8 Å². The highest BCUT2D eigenvalue weighted by atomic mass is 32.1. The first-order chi connectivity index (χ1) is 13.0. The summed E-state index contributed by atoms with van der Waals surface area (Å²) < 4.78 is 25.1. The summed E-state index contributed by atoms with van der Waals surface area (Å²) in [6, 6.07) is 13.7. The number of anilines is 1. The smallest absolute Gasteiger partial charge is 0.349 e. The summed E-state index contributed by atoms with van der Waals surface area (Å²) in [4.78, 5) is 26.5.